The number of carbonyl (C=O) groups excluding carboxylic acids is 1. The van der Waals surface area contributed by atoms with Crippen LogP contribution < -0.4 is 16.0 Å². The zero-order valence-corrected chi connectivity index (χ0v) is 19.5. The molecule has 1 amide bonds. The summed E-state index contributed by atoms with van der Waals surface area (Å²) >= 11 is 6.28. The van der Waals surface area contributed by atoms with Crippen LogP contribution >= 0.6 is 35.6 Å². The third-order valence-corrected chi connectivity index (χ3v) is 4.50. The number of nitrogens with one attached hydrogen (secondary N) is 3. The number of hydrogen-bond donors (Lipinski definition) is 3. The molecule has 7 heteroatoms. The Morgan fingerprint density at radius 1 is 1.18 bits per heavy atom. The quantitative estimate of drug-likeness (QED) is 0.295. The van der Waals surface area contributed by atoms with Crippen molar-refractivity contribution in [2.75, 3.05) is 20.1 Å². The smallest absolute Gasteiger partial charge is 0.251 e. The largest absolute Gasteiger partial charge is 0.357 e. The Kier molecular flexibility index (Phi) is 10.9. The van der Waals surface area contributed by atoms with Gasteiger partial charge >= 0.3 is 0 Å². The Bertz CT molecular complexity index is 797. The molecule has 0 saturated carbocycles. The van der Waals surface area contributed by atoms with Crippen molar-refractivity contribution in [1.29, 1.82) is 0 Å². The van der Waals surface area contributed by atoms with Crippen molar-refractivity contribution in [3.63, 3.8) is 0 Å². The number of benzene rings is 2. The summed E-state index contributed by atoms with van der Waals surface area (Å²) in [5, 5.41) is 10.0. The molecule has 28 heavy (non-hydrogen) atoms. The van der Waals surface area contributed by atoms with Crippen molar-refractivity contribution in [3.05, 3.63) is 70.2 Å². The molecule has 152 valence electrons. The molecule has 2 rings (SSSR count). The van der Waals surface area contributed by atoms with Crippen LogP contribution in [0.5, 0.6) is 0 Å². The summed E-state index contributed by atoms with van der Waals surface area (Å²) in [5.74, 6) is 0.663. The number of nitrogens with zero attached hydrogens (tertiary/aromatic N) is 1. The van der Waals surface area contributed by atoms with Gasteiger partial charge < -0.3 is 16.0 Å². The predicted molar refractivity (Wildman–Crippen MR) is 128 cm³/mol. The minimum Gasteiger partial charge on any atom is -0.357 e. The molecule has 0 radical (unpaired) electrons. The Balaban J connectivity index is 0.00000392. The maximum atomic E-state index is 11.7. The highest BCUT2D eigenvalue weighted by atomic mass is 127. The molecule has 3 N–H and O–H groups in total. The van der Waals surface area contributed by atoms with Crippen molar-refractivity contribution >= 4 is 47.4 Å². The van der Waals surface area contributed by atoms with Gasteiger partial charge in [-0.15, -0.1) is 24.0 Å². The van der Waals surface area contributed by atoms with Crippen LogP contribution in [0.25, 0.3) is 0 Å². The normalized spacial score (nSPS) is 11.9. The first-order valence-electron chi connectivity index (χ1n) is 9.15. The number of rotatable bonds is 7. The molecule has 1 unspecified atom stereocenters. The van der Waals surface area contributed by atoms with E-state index in [4.69, 9.17) is 11.6 Å². The highest BCUT2D eigenvalue weighted by Gasteiger charge is 2.10. The molecule has 0 aromatic heterocycles. The standard InChI is InChI=1S/C21H27ClN4O.HI/c1-4-24-21(26-15(2)18-10-5-6-11-19(18)22)25-13-12-16-8-7-9-17(14-16)20(27)23-3;/h5-11,14-15H,4,12-13H2,1-3H3,(H,23,27)(H2,24,25,26);1H. The first kappa shape index (κ1) is 24.2. The molecule has 0 heterocycles. The van der Waals surface area contributed by atoms with E-state index in [2.05, 4.69) is 27.9 Å². The maximum absolute atomic E-state index is 11.7. The van der Waals surface area contributed by atoms with Gasteiger partial charge in [0.2, 0.25) is 0 Å². The Morgan fingerprint density at radius 2 is 1.93 bits per heavy atom. The van der Waals surface area contributed by atoms with Gasteiger partial charge in [0.15, 0.2) is 5.96 Å². The first-order valence-corrected chi connectivity index (χ1v) is 9.53. The predicted octanol–water partition coefficient (Wildman–Crippen LogP) is 4.18. The Morgan fingerprint density at radius 3 is 2.61 bits per heavy atom. The zero-order chi connectivity index (χ0) is 19.6. The monoisotopic (exact) mass is 514 g/mol. The number of aliphatic imine (C=N–C) groups is 1. The van der Waals surface area contributed by atoms with E-state index in [0.29, 0.717) is 12.1 Å². The fraction of sp³-hybridized carbons (Fsp3) is 0.333. The molecule has 0 spiro atoms. The van der Waals surface area contributed by atoms with Gasteiger partial charge in [-0.3, -0.25) is 9.79 Å². The fourth-order valence-corrected chi connectivity index (χ4v) is 3.04. The molecule has 5 nitrogen and oxygen atoms in total. The molecule has 0 aliphatic carbocycles. The zero-order valence-electron chi connectivity index (χ0n) is 16.5. The lowest BCUT2D eigenvalue weighted by Gasteiger charge is -2.19. The lowest BCUT2D eigenvalue weighted by Crippen LogP contribution is -2.39. The highest BCUT2D eigenvalue weighted by molar-refractivity contribution is 14.0. The van der Waals surface area contributed by atoms with E-state index in [-0.39, 0.29) is 35.9 Å². The summed E-state index contributed by atoms with van der Waals surface area (Å²) in [6.07, 6.45) is 0.752. The average Bonchev–Trinajstić information content (AvgIpc) is 2.68. The van der Waals surface area contributed by atoms with E-state index in [1.54, 1.807) is 7.05 Å². The number of hydrogen-bond acceptors (Lipinski definition) is 2. The van der Waals surface area contributed by atoms with Crippen molar-refractivity contribution < 1.29 is 4.79 Å². The van der Waals surface area contributed by atoms with Crippen LogP contribution in [0.15, 0.2) is 53.5 Å². The van der Waals surface area contributed by atoms with Crippen LogP contribution in [-0.4, -0.2) is 32.0 Å². The summed E-state index contributed by atoms with van der Waals surface area (Å²) in [6, 6.07) is 15.4. The number of carbonyl (C=O) groups is 1. The molecule has 2 aromatic carbocycles. The highest BCUT2D eigenvalue weighted by Crippen LogP contribution is 2.21. The number of amides is 1. The molecule has 0 saturated heterocycles. The van der Waals surface area contributed by atoms with E-state index >= 15 is 0 Å². The molecule has 0 bridgehead atoms. The van der Waals surface area contributed by atoms with Gasteiger partial charge in [-0.1, -0.05) is 41.9 Å². The molecular weight excluding hydrogens is 487 g/mol. The van der Waals surface area contributed by atoms with E-state index < -0.39 is 0 Å². The topological polar surface area (TPSA) is 65.5 Å². The van der Waals surface area contributed by atoms with E-state index in [1.807, 2.05) is 55.5 Å². The summed E-state index contributed by atoms with van der Waals surface area (Å²) in [5.41, 5.74) is 2.77. The minimum atomic E-state index is -0.0797. The van der Waals surface area contributed by atoms with Crippen LogP contribution in [0.2, 0.25) is 5.02 Å². The Hall–Kier alpha value is -1.80. The van der Waals surface area contributed by atoms with Gasteiger partial charge in [-0.2, -0.15) is 0 Å². The number of halogens is 2. The number of guanidine groups is 1. The average molecular weight is 515 g/mol. The third kappa shape index (κ3) is 7.31. The second-order valence-corrected chi connectivity index (χ2v) is 6.58. The summed E-state index contributed by atoms with van der Waals surface area (Å²) < 4.78 is 0. The van der Waals surface area contributed by atoms with Gasteiger partial charge in [0.05, 0.1) is 6.04 Å². The molecule has 0 fully saturated rings. The maximum Gasteiger partial charge on any atom is 0.251 e. The molecular formula is C21H28ClIN4O. The van der Waals surface area contributed by atoms with Crippen LogP contribution in [0.4, 0.5) is 0 Å². The van der Waals surface area contributed by atoms with Crippen molar-refractivity contribution in [2.24, 2.45) is 4.99 Å². The fourth-order valence-electron chi connectivity index (χ4n) is 2.74. The summed E-state index contributed by atoms with van der Waals surface area (Å²) in [7, 11) is 1.63. The molecule has 1 atom stereocenters. The van der Waals surface area contributed by atoms with Crippen molar-refractivity contribution in [3.8, 4) is 0 Å². The van der Waals surface area contributed by atoms with Gasteiger partial charge in [0.25, 0.3) is 5.91 Å². The molecule has 0 aliphatic rings. The van der Waals surface area contributed by atoms with Crippen LogP contribution in [0, 0.1) is 0 Å². The lowest BCUT2D eigenvalue weighted by molar-refractivity contribution is 0.0963. The SMILES string of the molecule is CCNC(=NCCc1cccc(C(=O)NC)c1)NC(C)c1ccccc1Cl.I. The second-order valence-electron chi connectivity index (χ2n) is 6.18. The Labute approximate surface area is 189 Å². The van der Waals surface area contributed by atoms with Crippen LogP contribution in [0.1, 0.15) is 41.4 Å². The first-order chi connectivity index (χ1) is 13.0. The molecule has 0 aliphatic heterocycles. The van der Waals surface area contributed by atoms with Crippen LogP contribution in [0.3, 0.4) is 0 Å². The second kappa shape index (κ2) is 12.6. The third-order valence-electron chi connectivity index (χ3n) is 4.16. The van der Waals surface area contributed by atoms with E-state index in [9.17, 15) is 4.79 Å². The van der Waals surface area contributed by atoms with Gasteiger partial charge in [-0.25, -0.2) is 0 Å². The van der Waals surface area contributed by atoms with Gasteiger partial charge in [0.1, 0.15) is 0 Å². The van der Waals surface area contributed by atoms with Crippen LogP contribution in [-0.2, 0) is 6.42 Å². The summed E-state index contributed by atoms with van der Waals surface area (Å²) in [6.45, 7) is 5.47. The molecule has 2 aromatic rings. The van der Waals surface area contributed by atoms with Crippen molar-refractivity contribution in [2.45, 2.75) is 26.3 Å². The van der Waals surface area contributed by atoms with Gasteiger partial charge in [0, 0.05) is 30.7 Å². The lowest BCUT2D eigenvalue weighted by atomic mass is 10.1. The van der Waals surface area contributed by atoms with E-state index in [1.165, 1.54) is 0 Å². The van der Waals surface area contributed by atoms with Crippen molar-refractivity contribution in [1.82, 2.24) is 16.0 Å². The van der Waals surface area contributed by atoms with Gasteiger partial charge in [-0.05, 0) is 49.6 Å². The minimum absolute atomic E-state index is 0. The summed E-state index contributed by atoms with van der Waals surface area (Å²) in [4.78, 5) is 16.4. The van der Waals surface area contributed by atoms with E-state index in [0.717, 1.165) is 35.1 Å².